The van der Waals surface area contributed by atoms with Gasteiger partial charge in [-0.1, -0.05) is 22.0 Å². The Morgan fingerprint density at radius 3 is 3.07 bits per heavy atom. The molecule has 0 N–H and O–H groups in total. The second-order valence-corrected chi connectivity index (χ2v) is 3.94. The molecule has 0 amide bonds. The fraction of sp³-hybridized carbons (Fsp3) is 0.200. The lowest BCUT2D eigenvalue weighted by Crippen LogP contribution is -2.26. The molecule has 1 aromatic carbocycles. The Hall–Kier alpha value is -1.34. The Morgan fingerprint density at radius 2 is 2.36 bits per heavy atom. The van der Waals surface area contributed by atoms with Gasteiger partial charge in [0.05, 0.1) is 5.56 Å². The number of cyclic esters (lactones) is 1. The SMILES string of the molecule is N#CC1Cc2ccc(Br)cc2C(=O)O1. The number of carbonyl (C=O) groups is 1. The van der Waals surface area contributed by atoms with Crippen LogP contribution in [0.2, 0.25) is 0 Å². The summed E-state index contributed by atoms with van der Waals surface area (Å²) in [4.78, 5) is 11.4. The summed E-state index contributed by atoms with van der Waals surface area (Å²) in [6.45, 7) is 0. The number of hydrogen-bond donors (Lipinski definition) is 0. The lowest BCUT2D eigenvalue weighted by Gasteiger charge is -2.19. The summed E-state index contributed by atoms with van der Waals surface area (Å²) in [5.74, 6) is -0.417. The predicted molar refractivity (Wildman–Crippen MR) is 52.7 cm³/mol. The lowest BCUT2D eigenvalue weighted by atomic mass is 9.99. The highest BCUT2D eigenvalue weighted by Crippen LogP contribution is 2.23. The summed E-state index contributed by atoms with van der Waals surface area (Å²) >= 11 is 3.28. The van der Waals surface area contributed by atoms with Crippen LogP contribution in [0.5, 0.6) is 0 Å². The van der Waals surface area contributed by atoms with E-state index in [2.05, 4.69) is 15.9 Å². The van der Waals surface area contributed by atoms with Crippen LogP contribution in [-0.2, 0) is 11.2 Å². The Morgan fingerprint density at radius 1 is 1.57 bits per heavy atom. The van der Waals surface area contributed by atoms with Crippen LogP contribution >= 0.6 is 15.9 Å². The molecule has 0 saturated carbocycles. The summed E-state index contributed by atoms with van der Waals surface area (Å²) in [6.07, 6.45) is -0.165. The number of esters is 1. The maximum atomic E-state index is 11.4. The number of ether oxygens (including phenoxy) is 1. The van der Waals surface area contributed by atoms with Gasteiger partial charge in [-0.25, -0.2) is 4.79 Å². The third-order valence-electron chi connectivity index (χ3n) is 2.09. The van der Waals surface area contributed by atoms with Crippen LogP contribution in [0.1, 0.15) is 15.9 Å². The molecule has 3 nitrogen and oxygen atoms in total. The zero-order valence-corrected chi connectivity index (χ0v) is 8.74. The molecular weight excluding hydrogens is 246 g/mol. The highest BCUT2D eigenvalue weighted by atomic mass is 79.9. The van der Waals surface area contributed by atoms with Gasteiger partial charge in [0.15, 0.2) is 6.10 Å². The Balaban J connectivity index is 2.46. The van der Waals surface area contributed by atoms with E-state index in [4.69, 9.17) is 10.00 Å². The molecule has 1 unspecified atom stereocenters. The standard InChI is InChI=1S/C10H6BrNO2/c11-7-2-1-6-3-8(5-12)14-10(13)9(6)4-7/h1-2,4,8H,3H2. The van der Waals surface area contributed by atoms with Crippen LogP contribution < -0.4 is 0 Å². The average Bonchev–Trinajstić information content (AvgIpc) is 2.19. The van der Waals surface area contributed by atoms with Crippen molar-refractivity contribution >= 4 is 21.9 Å². The minimum atomic E-state index is -0.642. The Bertz CT molecular complexity index is 436. The number of halogens is 1. The van der Waals surface area contributed by atoms with Gasteiger partial charge in [-0.3, -0.25) is 0 Å². The van der Waals surface area contributed by atoms with E-state index in [1.54, 1.807) is 6.07 Å². The van der Waals surface area contributed by atoms with E-state index in [-0.39, 0.29) is 0 Å². The quantitative estimate of drug-likeness (QED) is 0.664. The first-order valence-corrected chi connectivity index (χ1v) is 4.89. The van der Waals surface area contributed by atoms with Crippen molar-refractivity contribution in [3.8, 4) is 6.07 Å². The molecule has 4 heteroatoms. The molecule has 14 heavy (non-hydrogen) atoms. The van der Waals surface area contributed by atoms with E-state index in [9.17, 15) is 4.79 Å². The molecule has 0 fully saturated rings. The Kier molecular flexibility index (Phi) is 2.26. The van der Waals surface area contributed by atoms with E-state index in [0.717, 1.165) is 10.0 Å². The topological polar surface area (TPSA) is 50.1 Å². The van der Waals surface area contributed by atoms with E-state index in [0.29, 0.717) is 12.0 Å². The smallest absolute Gasteiger partial charge is 0.339 e. The molecule has 0 aromatic heterocycles. The maximum Gasteiger partial charge on any atom is 0.339 e. The van der Waals surface area contributed by atoms with Crippen molar-refractivity contribution in [2.75, 3.05) is 0 Å². The van der Waals surface area contributed by atoms with E-state index < -0.39 is 12.1 Å². The van der Waals surface area contributed by atoms with Gasteiger partial charge in [-0.2, -0.15) is 5.26 Å². The summed E-state index contributed by atoms with van der Waals surface area (Å²) in [5, 5.41) is 8.65. The van der Waals surface area contributed by atoms with E-state index in [1.165, 1.54) is 0 Å². The van der Waals surface area contributed by atoms with Crippen molar-refractivity contribution in [1.82, 2.24) is 0 Å². The lowest BCUT2D eigenvalue weighted by molar-refractivity contribution is 0.0370. The monoisotopic (exact) mass is 251 g/mol. The van der Waals surface area contributed by atoms with Crippen LogP contribution in [0.25, 0.3) is 0 Å². The summed E-state index contributed by atoms with van der Waals surface area (Å²) < 4.78 is 5.73. The van der Waals surface area contributed by atoms with Crippen molar-refractivity contribution in [2.24, 2.45) is 0 Å². The number of carbonyl (C=O) groups excluding carboxylic acids is 1. The average molecular weight is 252 g/mol. The van der Waals surface area contributed by atoms with Gasteiger partial charge in [0.1, 0.15) is 6.07 Å². The molecule has 0 bridgehead atoms. The predicted octanol–water partition coefficient (Wildman–Crippen LogP) is 2.05. The van der Waals surface area contributed by atoms with Crippen LogP contribution in [0.15, 0.2) is 22.7 Å². The number of fused-ring (bicyclic) bond motifs is 1. The molecule has 1 aliphatic rings. The number of rotatable bonds is 0. The van der Waals surface area contributed by atoms with Gasteiger partial charge in [0.2, 0.25) is 0 Å². The number of nitrogens with zero attached hydrogens (tertiary/aromatic N) is 1. The fourth-order valence-corrected chi connectivity index (χ4v) is 1.78. The molecule has 0 saturated heterocycles. The van der Waals surface area contributed by atoms with Crippen molar-refractivity contribution in [1.29, 1.82) is 5.26 Å². The molecule has 1 aliphatic heterocycles. The summed E-state index contributed by atoms with van der Waals surface area (Å²) in [6, 6.07) is 7.34. The first-order valence-electron chi connectivity index (χ1n) is 4.10. The van der Waals surface area contributed by atoms with Crippen LogP contribution in [0.4, 0.5) is 0 Å². The van der Waals surface area contributed by atoms with Crippen molar-refractivity contribution in [3.63, 3.8) is 0 Å². The van der Waals surface area contributed by atoms with Crippen LogP contribution in [0, 0.1) is 11.3 Å². The van der Waals surface area contributed by atoms with Crippen molar-refractivity contribution < 1.29 is 9.53 Å². The third kappa shape index (κ3) is 1.51. The largest absolute Gasteiger partial charge is 0.443 e. The van der Waals surface area contributed by atoms with E-state index in [1.807, 2.05) is 18.2 Å². The van der Waals surface area contributed by atoms with Gasteiger partial charge < -0.3 is 4.74 Å². The zero-order chi connectivity index (χ0) is 10.1. The van der Waals surface area contributed by atoms with Crippen molar-refractivity contribution in [3.05, 3.63) is 33.8 Å². The second kappa shape index (κ2) is 3.43. The fourth-order valence-electron chi connectivity index (χ4n) is 1.42. The normalized spacial score (nSPS) is 19.4. The third-order valence-corrected chi connectivity index (χ3v) is 2.58. The zero-order valence-electron chi connectivity index (χ0n) is 7.16. The van der Waals surface area contributed by atoms with E-state index >= 15 is 0 Å². The van der Waals surface area contributed by atoms with Gasteiger partial charge in [0.25, 0.3) is 0 Å². The highest BCUT2D eigenvalue weighted by molar-refractivity contribution is 9.10. The molecule has 0 aliphatic carbocycles. The molecule has 1 aromatic rings. The van der Waals surface area contributed by atoms with Crippen LogP contribution in [0.3, 0.4) is 0 Å². The first-order chi connectivity index (χ1) is 6.70. The molecule has 1 heterocycles. The minimum Gasteiger partial charge on any atom is -0.443 e. The summed E-state index contributed by atoms with van der Waals surface area (Å²) in [7, 11) is 0. The number of benzene rings is 1. The second-order valence-electron chi connectivity index (χ2n) is 3.03. The minimum absolute atomic E-state index is 0.417. The van der Waals surface area contributed by atoms with Crippen molar-refractivity contribution in [2.45, 2.75) is 12.5 Å². The molecule has 0 spiro atoms. The molecular formula is C10H6BrNO2. The number of hydrogen-bond acceptors (Lipinski definition) is 3. The van der Waals surface area contributed by atoms with Gasteiger partial charge >= 0.3 is 5.97 Å². The first kappa shape index (κ1) is 9.22. The number of nitriles is 1. The molecule has 2 rings (SSSR count). The molecule has 70 valence electrons. The van der Waals surface area contributed by atoms with Gasteiger partial charge in [-0.15, -0.1) is 0 Å². The highest BCUT2D eigenvalue weighted by Gasteiger charge is 2.25. The molecule has 1 atom stereocenters. The maximum absolute atomic E-state index is 11.4. The van der Waals surface area contributed by atoms with Gasteiger partial charge in [0, 0.05) is 10.9 Å². The molecule has 0 radical (unpaired) electrons. The summed E-state index contributed by atoms with van der Waals surface area (Å²) in [5.41, 5.74) is 1.42. The van der Waals surface area contributed by atoms with Gasteiger partial charge in [-0.05, 0) is 17.7 Å². The van der Waals surface area contributed by atoms with Crippen LogP contribution in [-0.4, -0.2) is 12.1 Å². The Labute approximate surface area is 89.4 Å².